The van der Waals surface area contributed by atoms with Gasteiger partial charge in [0, 0.05) is 12.2 Å². The number of hydrogen-bond donors (Lipinski definition) is 1. The maximum absolute atomic E-state index is 13.4. The third-order valence-corrected chi connectivity index (χ3v) is 5.95. The molecule has 0 spiro atoms. The van der Waals surface area contributed by atoms with E-state index in [1.807, 2.05) is 98.8 Å². The zero-order valence-corrected chi connectivity index (χ0v) is 20.6. The highest BCUT2D eigenvalue weighted by molar-refractivity contribution is 6.11. The number of anilines is 2. The number of para-hydroxylation sites is 2. The minimum Gasteiger partial charge on any atom is -0.481 e. The molecule has 5 heteroatoms. The van der Waals surface area contributed by atoms with E-state index in [1.165, 1.54) is 0 Å². The third-order valence-electron chi connectivity index (χ3n) is 5.95. The lowest BCUT2D eigenvalue weighted by molar-refractivity contribution is -0.122. The molecule has 182 valence electrons. The molecular weight excluding hydrogens is 448 g/mol. The van der Waals surface area contributed by atoms with Gasteiger partial charge in [0.15, 0.2) is 6.10 Å². The number of amides is 2. The van der Waals surface area contributed by atoms with E-state index in [2.05, 4.69) is 5.32 Å². The Hall–Kier alpha value is -4.38. The fraction of sp³-hybridized carbons (Fsp3) is 0.161. The number of nitrogens with zero attached hydrogens (tertiary/aromatic N) is 1. The largest absolute Gasteiger partial charge is 0.481 e. The monoisotopic (exact) mass is 478 g/mol. The van der Waals surface area contributed by atoms with Crippen LogP contribution in [0, 0.1) is 0 Å². The fourth-order valence-electron chi connectivity index (χ4n) is 4.03. The number of ether oxygens (including phenoxy) is 1. The standard InChI is InChI=1S/C31H30N2O3/c1-3-29(36-26-21-19-24(20-22-26)23-13-7-5-8-14-23)30(34)32-28-18-12-11-17-27(28)31(35)33(4-2)25-15-9-6-10-16-25/h5-22,29H,3-4H2,1-2H3,(H,32,34). The Morgan fingerprint density at radius 3 is 1.97 bits per heavy atom. The van der Waals surface area contributed by atoms with Gasteiger partial charge in [0.05, 0.1) is 11.3 Å². The van der Waals surface area contributed by atoms with Crippen LogP contribution in [0.25, 0.3) is 11.1 Å². The van der Waals surface area contributed by atoms with E-state index in [1.54, 1.807) is 29.2 Å². The maximum atomic E-state index is 13.4. The van der Waals surface area contributed by atoms with Gasteiger partial charge < -0.3 is 15.0 Å². The molecule has 0 heterocycles. The zero-order chi connectivity index (χ0) is 25.3. The first kappa shape index (κ1) is 24.7. The molecule has 0 aromatic heterocycles. The van der Waals surface area contributed by atoms with Crippen molar-refractivity contribution in [1.82, 2.24) is 0 Å². The molecule has 0 bridgehead atoms. The van der Waals surface area contributed by atoms with E-state index in [9.17, 15) is 9.59 Å². The number of nitrogens with one attached hydrogen (secondary N) is 1. The molecule has 4 rings (SSSR count). The first-order valence-corrected chi connectivity index (χ1v) is 12.2. The number of hydrogen-bond acceptors (Lipinski definition) is 3. The molecule has 1 atom stereocenters. The molecule has 1 unspecified atom stereocenters. The summed E-state index contributed by atoms with van der Waals surface area (Å²) in [6.45, 7) is 4.33. The first-order valence-electron chi connectivity index (χ1n) is 12.2. The predicted molar refractivity (Wildman–Crippen MR) is 145 cm³/mol. The van der Waals surface area contributed by atoms with Crippen molar-refractivity contribution in [3.8, 4) is 16.9 Å². The van der Waals surface area contributed by atoms with E-state index < -0.39 is 6.10 Å². The molecule has 0 aliphatic heterocycles. The van der Waals surface area contributed by atoms with Gasteiger partial charge in [-0.2, -0.15) is 0 Å². The van der Waals surface area contributed by atoms with Crippen LogP contribution in [0.5, 0.6) is 5.75 Å². The molecule has 1 N–H and O–H groups in total. The summed E-state index contributed by atoms with van der Waals surface area (Å²) in [5.41, 5.74) is 3.89. The quantitative estimate of drug-likeness (QED) is 0.287. The molecule has 2 amide bonds. The Kier molecular flexibility index (Phi) is 8.14. The van der Waals surface area contributed by atoms with E-state index in [4.69, 9.17) is 4.74 Å². The van der Waals surface area contributed by atoms with Crippen LogP contribution < -0.4 is 15.0 Å². The van der Waals surface area contributed by atoms with Crippen molar-refractivity contribution in [2.24, 2.45) is 0 Å². The average molecular weight is 479 g/mol. The Labute approximate surface area is 212 Å². The SMILES string of the molecule is CCC(Oc1ccc(-c2ccccc2)cc1)C(=O)Nc1ccccc1C(=O)N(CC)c1ccccc1. The van der Waals surface area contributed by atoms with Gasteiger partial charge in [-0.1, -0.05) is 79.7 Å². The Morgan fingerprint density at radius 2 is 1.33 bits per heavy atom. The van der Waals surface area contributed by atoms with Crippen molar-refractivity contribution < 1.29 is 14.3 Å². The zero-order valence-electron chi connectivity index (χ0n) is 20.6. The molecule has 5 nitrogen and oxygen atoms in total. The Balaban J connectivity index is 1.48. The highest BCUT2D eigenvalue weighted by atomic mass is 16.5. The topological polar surface area (TPSA) is 58.6 Å². The molecule has 0 radical (unpaired) electrons. The van der Waals surface area contributed by atoms with Crippen LogP contribution in [0.4, 0.5) is 11.4 Å². The van der Waals surface area contributed by atoms with Crippen molar-refractivity contribution in [3.05, 3.63) is 115 Å². The summed E-state index contributed by atoms with van der Waals surface area (Å²) in [7, 11) is 0. The molecule has 0 aliphatic rings. The Bertz CT molecular complexity index is 1290. The van der Waals surface area contributed by atoms with Gasteiger partial charge in [-0.3, -0.25) is 9.59 Å². The molecule has 0 saturated carbocycles. The summed E-state index contributed by atoms with van der Waals surface area (Å²) < 4.78 is 6.02. The van der Waals surface area contributed by atoms with E-state index in [0.29, 0.717) is 30.0 Å². The number of carbonyl (C=O) groups is 2. The van der Waals surface area contributed by atoms with Gasteiger partial charge in [0.1, 0.15) is 5.75 Å². The summed E-state index contributed by atoms with van der Waals surface area (Å²) in [4.78, 5) is 28.2. The van der Waals surface area contributed by atoms with Crippen molar-refractivity contribution in [3.63, 3.8) is 0 Å². The lowest BCUT2D eigenvalue weighted by atomic mass is 10.1. The molecule has 4 aromatic rings. The van der Waals surface area contributed by atoms with E-state index in [0.717, 1.165) is 16.8 Å². The highest BCUT2D eigenvalue weighted by Crippen LogP contribution is 2.25. The maximum Gasteiger partial charge on any atom is 0.265 e. The minimum absolute atomic E-state index is 0.176. The van der Waals surface area contributed by atoms with Crippen molar-refractivity contribution in [2.45, 2.75) is 26.4 Å². The van der Waals surface area contributed by atoms with Crippen LogP contribution in [0.2, 0.25) is 0 Å². The fourth-order valence-corrected chi connectivity index (χ4v) is 4.03. The van der Waals surface area contributed by atoms with E-state index >= 15 is 0 Å². The third kappa shape index (κ3) is 5.81. The van der Waals surface area contributed by atoms with Gasteiger partial charge in [0.25, 0.3) is 11.8 Å². The smallest absolute Gasteiger partial charge is 0.265 e. The predicted octanol–water partition coefficient (Wildman–Crippen LogP) is 6.82. The van der Waals surface area contributed by atoms with E-state index in [-0.39, 0.29) is 11.8 Å². The van der Waals surface area contributed by atoms with Gasteiger partial charge in [-0.05, 0) is 60.9 Å². The van der Waals surface area contributed by atoms with Crippen LogP contribution in [0.1, 0.15) is 30.6 Å². The number of benzene rings is 4. The van der Waals surface area contributed by atoms with Crippen molar-refractivity contribution in [1.29, 1.82) is 0 Å². The number of carbonyl (C=O) groups excluding carboxylic acids is 2. The number of rotatable bonds is 9. The van der Waals surface area contributed by atoms with Crippen molar-refractivity contribution in [2.75, 3.05) is 16.8 Å². The molecular formula is C31H30N2O3. The molecule has 0 saturated heterocycles. The molecule has 36 heavy (non-hydrogen) atoms. The van der Waals surface area contributed by atoms with Gasteiger partial charge >= 0.3 is 0 Å². The lowest BCUT2D eigenvalue weighted by Gasteiger charge is -2.23. The summed E-state index contributed by atoms with van der Waals surface area (Å²) in [5.74, 6) is 0.139. The van der Waals surface area contributed by atoms with Gasteiger partial charge in [-0.25, -0.2) is 0 Å². The molecule has 0 fully saturated rings. The molecule has 4 aromatic carbocycles. The summed E-state index contributed by atoms with van der Waals surface area (Å²) in [6.07, 6.45) is -0.222. The summed E-state index contributed by atoms with van der Waals surface area (Å²) in [6, 6.07) is 34.3. The minimum atomic E-state index is -0.702. The van der Waals surface area contributed by atoms with Crippen LogP contribution in [0.3, 0.4) is 0 Å². The second kappa shape index (κ2) is 11.8. The lowest BCUT2D eigenvalue weighted by Crippen LogP contribution is -2.34. The van der Waals surface area contributed by atoms with Crippen LogP contribution in [0.15, 0.2) is 109 Å². The van der Waals surface area contributed by atoms with Crippen molar-refractivity contribution >= 4 is 23.2 Å². The Morgan fingerprint density at radius 1 is 0.750 bits per heavy atom. The van der Waals surface area contributed by atoms with Crippen LogP contribution in [-0.2, 0) is 4.79 Å². The normalized spacial score (nSPS) is 11.4. The van der Waals surface area contributed by atoms with Gasteiger partial charge in [0.2, 0.25) is 0 Å². The second-order valence-corrected chi connectivity index (χ2v) is 8.32. The average Bonchev–Trinajstić information content (AvgIpc) is 2.93. The second-order valence-electron chi connectivity index (χ2n) is 8.32. The first-order chi connectivity index (χ1) is 17.6. The summed E-state index contributed by atoms with van der Waals surface area (Å²) >= 11 is 0. The highest BCUT2D eigenvalue weighted by Gasteiger charge is 2.23. The summed E-state index contributed by atoms with van der Waals surface area (Å²) in [5, 5.41) is 2.92. The van der Waals surface area contributed by atoms with Crippen LogP contribution >= 0.6 is 0 Å². The van der Waals surface area contributed by atoms with Gasteiger partial charge in [-0.15, -0.1) is 0 Å². The molecule has 0 aliphatic carbocycles. The van der Waals surface area contributed by atoms with Crippen LogP contribution in [-0.4, -0.2) is 24.5 Å².